The Kier molecular flexibility index (Phi) is 5.44. The van der Waals surface area contributed by atoms with Crippen molar-refractivity contribution in [2.24, 2.45) is 0 Å². The molecule has 15 heavy (non-hydrogen) atoms. The molecule has 1 atom stereocenters. The number of phosphoric acid groups is 1. The van der Waals surface area contributed by atoms with Crippen molar-refractivity contribution in [2.75, 3.05) is 0 Å². The van der Waals surface area contributed by atoms with Gasteiger partial charge in [0.1, 0.15) is 5.75 Å². The van der Waals surface area contributed by atoms with Gasteiger partial charge in [-0.1, -0.05) is 0 Å². The Bertz CT molecular complexity index is 393. The number of hydrogen-bond donors (Lipinski definition) is 1. The van der Waals surface area contributed by atoms with E-state index in [9.17, 15) is 19.6 Å². The van der Waals surface area contributed by atoms with Gasteiger partial charge in [-0.15, -0.1) is 0 Å². The molecule has 78 valence electrons. The zero-order valence-electron chi connectivity index (χ0n) is 8.69. The van der Waals surface area contributed by atoms with E-state index in [1.165, 1.54) is 0 Å². The predicted molar refractivity (Wildman–Crippen MR) is 44.7 cm³/mol. The largest absolute Gasteiger partial charge is 1.00 e. The Morgan fingerprint density at radius 1 is 1.40 bits per heavy atom. The van der Waals surface area contributed by atoms with Gasteiger partial charge in [-0.3, -0.25) is 14.7 Å². The van der Waals surface area contributed by atoms with Gasteiger partial charge in [-0.2, -0.15) is 0 Å². The molecule has 0 bridgehead atoms. The molecule has 1 rings (SSSR count). The van der Waals surface area contributed by atoms with Crippen LogP contribution >= 0.6 is 7.82 Å². The smallest absolute Gasteiger partial charge is 1.00 e. The number of benzene rings is 1. The molecule has 1 N–H and O–H groups in total. The molecule has 0 aliphatic carbocycles. The van der Waals surface area contributed by atoms with Gasteiger partial charge < -0.3 is 15.7 Å². The van der Waals surface area contributed by atoms with E-state index in [4.69, 9.17) is 4.89 Å². The van der Waals surface area contributed by atoms with Gasteiger partial charge in [-0.25, -0.2) is 0 Å². The van der Waals surface area contributed by atoms with Crippen molar-refractivity contribution in [1.29, 1.82) is 0 Å². The topological polar surface area (TPSA) is 113 Å². The summed E-state index contributed by atoms with van der Waals surface area (Å²) in [5.74, 6) is -0.184. The molecule has 1 unspecified atom stereocenters. The van der Waals surface area contributed by atoms with Crippen LogP contribution in [0.25, 0.3) is 0 Å². The third kappa shape index (κ3) is 5.27. The molecule has 0 saturated carbocycles. The molecular weight excluding hydrogens is 236 g/mol. The third-order valence-corrected chi connectivity index (χ3v) is 1.71. The third-order valence-electron chi connectivity index (χ3n) is 1.27. The van der Waals surface area contributed by atoms with Crippen molar-refractivity contribution in [2.45, 2.75) is 0 Å². The fraction of sp³-hybridized carbons (Fsp3) is 0. The van der Waals surface area contributed by atoms with Crippen LogP contribution in [0.2, 0.25) is 0 Å². The summed E-state index contributed by atoms with van der Waals surface area (Å²) in [5.41, 5.74) is -0.198. The van der Waals surface area contributed by atoms with Crippen LogP contribution < -0.4 is 39.0 Å². The molecule has 0 aliphatic heterocycles. The number of non-ortho nitro benzene ring substituents is 1. The van der Waals surface area contributed by atoms with Crippen LogP contribution in [-0.4, -0.2) is 9.82 Å². The summed E-state index contributed by atoms with van der Waals surface area (Å²) in [5, 5.41) is 10.2. The van der Waals surface area contributed by atoms with Gasteiger partial charge in [0.05, 0.1) is 4.92 Å². The van der Waals surface area contributed by atoms with Gasteiger partial charge in [-0.05, 0) is 12.1 Å². The molecule has 0 heterocycles. The molecule has 0 spiro atoms. The number of hydrogen-bond acceptors (Lipinski definition) is 5. The van der Waals surface area contributed by atoms with Crippen LogP contribution in [0.5, 0.6) is 5.75 Å². The van der Waals surface area contributed by atoms with E-state index in [-0.39, 0.29) is 42.4 Å². The maximum Gasteiger partial charge on any atom is 1.00 e. The molecule has 7 nitrogen and oxygen atoms in total. The zero-order valence-corrected chi connectivity index (χ0v) is 10.6. The standard InChI is InChI=1S/C6H6NO6P.Na.H/c8-7(9)5-1-3-6(4-2-5)13-14(10,11)12;;/h1-4H,(H2,10,11,12);;/q;+1;-1/p-1. The number of rotatable bonds is 3. The van der Waals surface area contributed by atoms with E-state index in [1.807, 2.05) is 0 Å². The number of phosphoric ester groups is 1. The predicted octanol–water partition coefficient (Wildman–Crippen LogP) is -2.45. The van der Waals surface area contributed by atoms with Crippen LogP contribution in [0.1, 0.15) is 1.43 Å². The minimum atomic E-state index is -4.85. The summed E-state index contributed by atoms with van der Waals surface area (Å²) in [6, 6.07) is 4.26. The van der Waals surface area contributed by atoms with Crippen LogP contribution in [0.3, 0.4) is 0 Å². The van der Waals surface area contributed by atoms with Gasteiger partial charge in [0.15, 0.2) is 0 Å². The first-order valence-corrected chi connectivity index (χ1v) is 4.86. The maximum absolute atomic E-state index is 10.2. The average Bonchev–Trinajstić information content (AvgIpc) is 2.02. The van der Waals surface area contributed by atoms with Crippen molar-refractivity contribution in [3.05, 3.63) is 34.4 Å². The summed E-state index contributed by atoms with van der Waals surface area (Å²) >= 11 is 0. The Morgan fingerprint density at radius 3 is 2.20 bits per heavy atom. The van der Waals surface area contributed by atoms with Gasteiger partial charge >= 0.3 is 37.4 Å². The summed E-state index contributed by atoms with van der Waals surface area (Å²) in [6.45, 7) is 0. The first-order chi connectivity index (χ1) is 6.38. The molecule has 1 aromatic carbocycles. The van der Waals surface area contributed by atoms with Gasteiger partial charge in [0.25, 0.3) is 5.69 Å². The fourth-order valence-electron chi connectivity index (χ4n) is 0.762. The fourth-order valence-corrected chi connectivity index (χ4v) is 1.15. The molecule has 0 saturated heterocycles. The second kappa shape index (κ2) is 5.60. The normalized spacial score (nSPS) is 13.5. The van der Waals surface area contributed by atoms with E-state index >= 15 is 0 Å². The maximum atomic E-state index is 10.2. The molecule has 0 amide bonds. The summed E-state index contributed by atoms with van der Waals surface area (Å²) in [7, 11) is -4.85. The van der Waals surface area contributed by atoms with E-state index in [1.54, 1.807) is 0 Å². The van der Waals surface area contributed by atoms with E-state index in [0.29, 0.717) is 0 Å². The van der Waals surface area contributed by atoms with Crippen molar-refractivity contribution in [3.63, 3.8) is 0 Å². The van der Waals surface area contributed by atoms with Crippen LogP contribution in [0.15, 0.2) is 24.3 Å². The minimum absolute atomic E-state index is 0. The molecule has 9 heteroatoms. The van der Waals surface area contributed by atoms with Crippen LogP contribution in [0, 0.1) is 10.1 Å². The average molecular weight is 242 g/mol. The number of nitro groups is 1. The summed E-state index contributed by atoms with van der Waals surface area (Å²) in [4.78, 5) is 28.1. The first-order valence-electron chi connectivity index (χ1n) is 3.36. The SMILES string of the molecule is O=[N+]([O-])c1ccc(OP(=O)([O-])O)cc1.[H-].[Na+]. The van der Waals surface area contributed by atoms with Crippen LogP contribution in [-0.2, 0) is 4.57 Å². The monoisotopic (exact) mass is 242 g/mol. The Balaban J connectivity index is 0. The second-order valence-corrected chi connectivity index (χ2v) is 3.43. The number of nitrogens with zero attached hydrogens (tertiary/aromatic N) is 1. The van der Waals surface area contributed by atoms with Gasteiger partial charge in [0, 0.05) is 12.1 Å². The Labute approximate surface area is 108 Å². The summed E-state index contributed by atoms with van der Waals surface area (Å²) in [6.07, 6.45) is 0. The van der Waals surface area contributed by atoms with Crippen molar-refractivity contribution >= 4 is 13.5 Å². The number of nitro benzene ring substituents is 1. The van der Waals surface area contributed by atoms with Crippen molar-refractivity contribution in [3.8, 4) is 5.75 Å². The van der Waals surface area contributed by atoms with E-state index < -0.39 is 12.7 Å². The van der Waals surface area contributed by atoms with Gasteiger partial charge in [0.2, 0.25) is 0 Å². The quantitative estimate of drug-likeness (QED) is 0.272. The second-order valence-electron chi connectivity index (χ2n) is 2.31. The molecule has 1 aromatic rings. The van der Waals surface area contributed by atoms with Crippen molar-refractivity contribution < 1.29 is 54.8 Å². The molecule has 0 aliphatic rings. The van der Waals surface area contributed by atoms with E-state index in [2.05, 4.69) is 4.52 Å². The minimum Gasteiger partial charge on any atom is -1.00 e. The molecule has 0 aromatic heterocycles. The first kappa shape index (κ1) is 14.6. The Hall–Kier alpha value is -0.430. The molecular formula is C6H6NNaO6P-. The van der Waals surface area contributed by atoms with Crippen molar-refractivity contribution in [1.82, 2.24) is 0 Å². The van der Waals surface area contributed by atoms with E-state index in [0.717, 1.165) is 24.3 Å². The Morgan fingerprint density at radius 2 is 1.87 bits per heavy atom. The summed E-state index contributed by atoms with van der Waals surface area (Å²) < 4.78 is 14.3. The van der Waals surface area contributed by atoms with Crippen LogP contribution in [0.4, 0.5) is 5.69 Å². The zero-order chi connectivity index (χ0) is 10.8. The molecule has 0 fully saturated rings. The molecule has 0 radical (unpaired) electrons.